The van der Waals surface area contributed by atoms with Crippen LogP contribution >= 0.6 is 24.0 Å². The molecule has 0 bridgehead atoms. The molecule has 29 heavy (non-hydrogen) atoms. The molecule has 0 heterocycles. The second kappa shape index (κ2) is 11.5. The fraction of sp³-hybridized carbons (Fsp3) is 0.409. The van der Waals surface area contributed by atoms with Gasteiger partial charge in [-0.25, -0.2) is 13.4 Å². The summed E-state index contributed by atoms with van der Waals surface area (Å²) in [5.74, 6) is 0.761. The first-order valence-electron chi connectivity index (χ1n) is 9.58. The van der Waals surface area contributed by atoms with Crippen LogP contribution in [0.4, 0.5) is 0 Å². The Morgan fingerprint density at radius 1 is 1.00 bits per heavy atom. The number of nitrogens with one attached hydrogen (secondary N) is 2. The molecule has 0 saturated carbocycles. The molecule has 2 aromatic rings. The Hall–Kier alpha value is -1.61. The van der Waals surface area contributed by atoms with Crippen LogP contribution in [0.25, 0.3) is 0 Å². The van der Waals surface area contributed by atoms with E-state index in [0.29, 0.717) is 11.4 Å². The van der Waals surface area contributed by atoms with E-state index in [9.17, 15) is 8.42 Å². The van der Waals surface area contributed by atoms with Crippen LogP contribution in [0.3, 0.4) is 0 Å². The van der Waals surface area contributed by atoms with Crippen molar-refractivity contribution in [2.24, 2.45) is 4.99 Å². The number of benzene rings is 2. The summed E-state index contributed by atoms with van der Waals surface area (Å²) >= 11 is 0. The van der Waals surface area contributed by atoms with Crippen molar-refractivity contribution in [1.82, 2.24) is 10.6 Å². The van der Waals surface area contributed by atoms with Gasteiger partial charge in [-0.05, 0) is 62.4 Å². The highest BCUT2D eigenvalue weighted by Gasteiger charge is 2.10. The minimum absolute atomic E-state index is 0. The van der Waals surface area contributed by atoms with Crippen LogP contribution in [-0.4, -0.2) is 33.7 Å². The molecule has 0 aromatic heterocycles. The summed E-state index contributed by atoms with van der Waals surface area (Å²) < 4.78 is 23.5. The number of sulfone groups is 1. The first kappa shape index (κ1) is 25.4. The monoisotopic (exact) mass is 529 g/mol. The van der Waals surface area contributed by atoms with Gasteiger partial charge in [0, 0.05) is 19.3 Å². The van der Waals surface area contributed by atoms with Gasteiger partial charge in [0.25, 0.3) is 0 Å². The highest BCUT2D eigenvalue weighted by atomic mass is 127. The summed E-state index contributed by atoms with van der Waals surface area (Å²) in [7, 11) is -3.20. The molecule has 0 spiro atoms. The van der Waals surface area contributed by atoms with Gasteiger partial charge in [-0.3, -0.25) is 0 Å². The Balaban J connectivity index is 0.00000420. The van der Waals surface area contributed by atoms with Crippen LogP contribution in [-0.2, 0) is 22.8 Å². The zero-order valence-electron chi connectivity index (χ0n) is 17.9. The lowest BCUT2D eigenvalue weighted by Crippen LogP contribution is -2.38. The van der Waals surface area contributed by atoms with E-state index in [2.05, 4.69) is 47.7 Å². The SMILES string of the molecule is CCNC(=NCc1ccc(S(C)(=O)=O)c(C)c1)NCCc1ccc(C)cc1C.I. The number of hydrogen-bond acceptors (Lipinski definition) is 3. The van der Waals surface area contributed by atoms with E-state index < -0.39 is 9.84 Å². The van der Waals surface area contributed by atoms with E-state index in [4.69, 9.17) is 0 Å². The van der Waals surface area contributed by atoms with Gasteiger partial charge in [0.05, 0.1) is 11.4 Å². The number of nitrogens with zero attached hydrogens (tertiary/aromatic N) is 1. The fourth-order valence-corrected chi connectivity index (χ4v) is 4.14. The first-order chi connectivity index (χ1) is 13.2. The third-order valence-corrected chi connectivity index (χ3v) is 5.84. The summed E-state index contributed by atoms with van der Waals surface area (Å²) in [5.41, 5.74) is 5.66. The molecule has 2 rings (SSSR count). The maximum atomic E-state index is 11.7. The van der Waals surface area contributed by atoms with E-state index in [1.54, 1.807) is 6.07 Å². The lowest BCUT2D eigenvalue weighted by atomic mass is 10.0. The Morgan fingerprint density at radius 2 is 1.72 bits per heavy atom. The predicted octanol–water partition coefficient (Wildman–Crippen LogP) is 3.93. The molecular weight excluding hydrogens is 497 g/mol. The summed E-state index contributed by atoms with van der Waals surface area (Å²) in [6.07, 6.45) is 2.16. The van der Waals surface area contributed by atoms with Crippen molar-refractivity contribution in [2.45, 2.75) is 45.6 Å². The lowest BCUT2D eigenvalue weighted by Gasteiger charge is -2.13. The molecule has 0 aliphatic carbocycles. The lowest BCUT2D eigenvalue weighted by molar-refractivity contribution is 0.601. The van der Waals surface area contributed by atoms with Crippen LogP contribution in [0.1, 0.15) is 34.7 Å². The molecule has 0 radical (unpaired) electrons. The van der Waals surface area contributed by atoms with Gasteiger partial charge in [-0.2, -0.15) is 0 Å². The topological polar surface area (TPSA) is 70.6 Å². The van der Waals surface area contributed by atoms with Crippen molar-refractivity contribution in [3.05, 3.63) is 64.2 Å². The number of aryl methyl sites for hydroxylation is 3. The molecule has 0 saturated heterocycles. The van der Waals surface area contributed by atoms with Crippen molar-refractivity contribution >= 4 is 39.8 Å². The average Bonchev–Trinajstić information content (AvgIpc) is 2.60. The molecule has 7 heteroatoms. The molecule has 0 aliphatic heterocycles. The largest absolute Gasteiger partial charge is 0.357 e. The predicted molar refractivity (Wildman–Crippen MR) is 132 cm³/mol. The first-order valence-corrected chi connectivity index (χ1v) is 11.5. The van der Waals surface area contributed by atoms with Crippen molar-refractivity contribution in [2.75, 3.05) is 19.3 Å². The molecule has 5 nitrogen and oxygen atoms in total. The van der Waals surface area contributed by atoms with Gasteiger partial charge in [0.1, 0.15) is 0 Å². The molecular formula is C22H32IN3O2S. The van der Waals surface area contributed by atoms with Gasteiger partial charge in [0.15, 0.2) is 15.8 Å². The number of rotatable bonds is 7. The van der Waals surface area contributed by atoms with Gasteiger partial charge in [-0.15, -0.1) is 24.0 Å². The Kier molecular flexibility index (Phi) is 10.1. The standard InChI is InChI=1S/C22H31N3O2S.HI/c1-6-23-22(24-12-11-20-9-7-16(2)13-17(20)3)25-15-19-8-10-21(18(4)14-19)28(5,26)27;/h7-10,13-14H,6,11-12,15H2,1-5H3,(H2,23,24,25);1H. The van der Waals surface area contributed by atoms with E-state index in [1.165, 1.54) is 22.9 Å². The molecule has 160 valence electrons. The molecule has 0 aliphatic rings. The summed E-state index contributed by atoms with van der Waals surface area (Å²) in [5, 5.41) is 6.63. The van der Waals surface area contributed by atoms with Crippen molar-refractivity contribution < 1.29 is 8.42 Å². The van der Waals surface area contributed by atoms with E-state index in [1.807, 2.05) is 26.0 Å². The van der Waals surface area contributed by atoms with Crippen LogP contribution in [0.2, 0.25) is 0 Å². The van der Waals surface area contributed by atoms with Gasteiger partial charge >= 0.3 is 0 Å². The van der Waals surface area contributed by atoms with E-state index in [0.717, 1.165) is 36.6 Å². The second-order valence-corrected chi connectivity index (χ2v) is 9.16. The summed E-state index contributed by atoms with van der Waals surface area (Å²) in [6, 6.07) is 11.9. The summed E-state index contributed by atoms with van der Waals surface area (Å²) in [6.45, 7) is 10.2. The number of halogens is 1. The van der Waals surface area contributed by atoms with Gasteiger partial charge in [-0.1, -0.05) is 35.9 Å². The fourth-order valence-electron chi connectivity index (χ4n) is 3.18. The zero-order valence-corrected chi connectivity index (χ0v) is 21.0. The molecule has 0 unspecified atom stereocenters. The van der Waals surface area contributed by atoms with Crippen LogP contribution in [0.15, 0.2) is 46.3 Å². The Labute approximate surface area is 192 Å². The maximum Gasteiger partial charge on any atom is 0.191 e. The third-order valence-electron chi connectivity index (χ3n) is 4.59. The minimum Gasteiger partial charge on any atom is -0.357 e. The number of aliphatic imine (C=N–C) groups is 1. The third kappa shape index (κ3) is 7.97. The Bertz CT molecular complexity index is 957. The van der Waals surface area contributed by atoms with Crippen LogP contribution in [0.5, 0.6) is 0 Å². The molecule has 2 aromatic carbocycles. The highest BCUT2D eigenvalue weighted by molar-refractivity contribution is 14.0. The minimum atomic E-state index is -3.20. The van der Waals surface area contributed by atoms with Crippen molar-refractivity contribution in [3.8, 4) is 0 Å². The number of hydrogen-bond donors (Lipinski definition) is 2. The van der Waals surface area contributed by atoms with Crippen molar-refractivity contribution in [3.63, 3.8) is 0 Å². The molecule has 0 amide bonds. The van der Waals surface area contributed by atoms with E-state index >= 15 is 0 Å². The normalized spacial score (nSPS) is 11.7. The summed E-state index contributed by atoms with van der Waals surface area (Å²) in [4.78, 5) is 5.00. The highest BCUT2D eigenvalue weighted by Crippen LogP contribution is 2.17. The second-order valence-electron chi connectivity index (χ2n) is 7.17. The maximum absolute atomic E-state index is 11.7. The molecule has 0 fully saturated rings. The zero-order chi connectivity index (χ0) is 20.7. The van der Waals surface area contributed by atoms with Gasteiger partial charge < -0.3 is 10.6 Å². The van der Waals surface area contributed by atoms with E-state index in [-0.39, 0.29) is 24.0 Å². The Morgan fingerprint density at radius 3 is 2.31 bits per heavy atom. The molecule has 0 atom stereocenters. The van der Waals surface area contributed by atoms with Crippen LogP contribution in [0, 0.1) is 20.8 Å². The van der Waals surface area contributed by atoms with Crippen molar-refractivity contribution in [1.29, 1.82) is 0 Å². The van der Waals surface area contributed by atoms with Crippen LogP contribution < -0.4 is 10.6 Å². The smallest absolute Gasteiger partial charge is 0.191 e. The average molecular weight is 529 g/mol. The van der Waals surface area contributed by atoms with Gasteiger partial charge in [0.2, 0.25) is 0 Å². The molecule has 2 N–H and O–H groups in total. The quantitative estimate of drug-likeness (QED) is 0.324. The number of guanidine groups is 1.